The first kappa shape index (κ1) is 15.3. The van der Waals surface area contributed by atoms with E-state index in [0.29, 0.717) is 17.5 Å². The van der Waals surface area contributed by atoms with E-state index in [0.717, 1.165) is 18.0 Å². The Balaban J connectivity index is 2.12. The zero-order valence-electron chi connectivity index (χ0n) is 13.7. The van der Waals surface area contributed by atoms with E-state index >= 15 is 0 Å². The first-order valence-electron chi connectivity index (χ1n) is 8.37. The summed E-state index contributed by atoms with van der Waals surface area (Å²) in [6.07, 6.45) is 7.87. The van der Waals surface area contributed by atoms with Crippen molar-refractivity contribution in [3.63, 3.8) is 0 Å². The molecule has 2 heteroatoms. The highest BCUT2D eigenvalue weighted by Gasteiger charge is 2.42. The van der Waals surface area contributed by atoms with Crippen molar-refractivity contribution >= 4 is 0 Å². The highest BCUT2D eigenvalue weighted by atomic mass is 15.2. The maximum atomic E-state index is 6.50. The molecule has 0 aromatic carbocycles. The smallest absolute Gasteiger partial charge is 0.0255 e. The minimum Gasteiger partial charge on any atom is -0.326 e. The lowest BCUT2D eigenvalue weighted by Gasteiger charge is -2.47. The average Bonchev–Trinajstić information content (AvgIpc) is 2.69. The van der Waals surface area contributed by atoms with Crippen molar-refractivity contribution in [2.75, 3.05) is 0 Å². The van der Waals surface area contributed by atoms with E-state index in [9.17, 15) is 0 Å². The molecule has 0 aromatic heterocycles. The van der Waals surface area contributed by atoms with E-state index < -0.39 is 0 Å². The molecule has 0 bridgehead atoms. The molecule has 1 aliphatic heterocycles. The van der Waals surface area contributed by atoms with Gasteiger partial charge in [0, 0.05) is 24.2 Å². The van der Waals surface area contributed by atoms with Gasteiger partial charge in [0.1, 0.15) is 0 Å². The van der Waals surface area contributed by atoms with Crippen LogP contribution in [-0.2, 0) is 0 Å². The maximum absolute atomic E-state index is 6.50. The molecule has 2 nitrogen and oxygen atoms in total. The van der Waals surface area contributed by atoms with Crippen molar-refractivity contribution < 1.29 is 0 Å². The monoisotopic (exact) mass is 266 g/mol. The maximum Gasteiger partial charge on any atom is 0.0255 e. The van der Waals surface area contributed by atoms with Gasteiger partial charge >= 0.3 is 0 Å². The summed E-state index contributed by atoms with van der Waals surface area (Å²) in [6.45, 7) is 11.9. The minimum absolute atomic E-state index is 0.396. The van der Waals surface area contributed by atoms with Crippen LogP contribution in [0.3, 0.4) is 0 Å². The van der Waals surface area contributed by atoms with Gasteiger partial charge in [-0.15, -0.1) is 0 Å². The number of hydrogen-bond donors (Lipinski definition) is 1. The Hall–Kier alpha value is -0.0800. The van der Waals surface area contributed by atoms with Gasteiger partial charge in [0.05, 0.1) is 0 Å². The predicted octanol–water partition coefficient (Wildman–Crippen LogP) is 3.79. The number of nitrogens with zero attached hydrogens (tertiary/aromatic N) is 1. The van der Waals surface area contributed by atoms with Crippen LogP contribution >= 0.6 is 0 Å². The average molecular weight is 266 g/mol. The molecular formula is C17H34N2. The van der Waals surface area contributed by atoms with Gasteiger partial charge in [-0.3, -0.25) is 4.90 Å². The molecule has 2 fully saturated rings. The van der Waals surface area contributed by atoms with Gasteiger partial charge in [0.15, 0.2) is 0 Å². The van der Waals surface area contributed by atoms with Crippen molar-refractivity contribution in [3.05, 3.63) is 0 Å². The van der Waals surface area contributed by atoms with Gasteiger partial charge in [0.25, 0.3) is 0 Å². The van der Waals surface area contributed by atoms with Crippen LogP contribution in [0.5, 0.6) is 0 Å². The third kappa shape index (κ3) is 3.16. The Morgan fingerprint density at radius 1 is 1.11 bits per heavy atom. The molecule has 2 aliphatic rings. The Morgan fingerprint density at radius 2 is 1.79 bits per heavy atom. The molecule has 1 saturated heterocycles. The molecule has 1 saturated carbocycles. The molecule has 1 heterocycles. The third-order valence-electron chi connectivity index (χ3n) is 5.80. The van der Waals surface area contributed by atoms with Gasteiger partial charge in [-0.25, -0.2) is 0 Å². The SMILES string of the molecule is CCC1CCC(C)N1C1CC(C(C)(C)C)CCC1N. The quantitative estimate of drug-likeness (QED) is 0.824. The number of rotatable bonds is 2. The summed E-state index contributed by atoms with van der Waals surface area (Å²) < 4.78 is 0. The van der Waals surface area contributed by atoms with Crippen LogP contribution in [0.25, 0.3) is 0 Å². The summed E-state index contributed by atoms with van der Waals surface area (Å²) in [5.41, 5.74) is 6.94. The molecule has 0 radical (unpaired) electrons. The van der Waals surface area contributed by atoms with Crippen LogP contribution < -0.4 is 5.73 Å². The standard InChI is InChI=1S/C17H34N2/c1-6-14-9-7-12(2)19(14)16-11-13(17(3,4)5)8-10-15(16)18/h12-16H,6-11,18H2,1-5H3. The molecule has 1 aliphatic carbocycles. The molecule has 19 heavy (non-hydrogen) atoms. The lowest BCUT2D eigenvalue weighted by molar-refractivity contribution is 0.0411. The Labute approximate surface area is 120 Å². The van der Waals surface area contributed by atoms with E-state index in [4.69, 9.17) is 5.73 Å². The molecule has 2 rings (SSSR count). The summed E-state index contributed by atoms with van der Waals surface area (Å²) in [5, 5.41) is 0. The molecule has 5 atom stereocenters. The van der Waals surface area contributed by atoms with Gasteiger partial charge in [-0.1, -0.05) is 27.7 Å². The van der Waals surface area contributed by atoms with Crippen molar-refractivity contribution in [1.29, 1.82) is 0 Å². The van der Waals surface area contributed by atoms with E-state index in [1.165, 1.54) is 38.5 Å². The van der Waals surface area contributed by atoms with Crippen molar-refractivity contribution in [2.24, 2.45) is 17.1 Å². The van der Waals surface area contributed by atoms with Gasteiger partial charge < -0.3 is 5.73 Å². The lowest BCUT2D eigenvalue weighted by Crippen LogP contribution is -2.55. The third-order valence-corrected chi connectivity index (χ3v) is 5.80. The Morgan fingerprint density at radius 3 is 2.37 bits per heavy atom. The van der Waals surface area contributed by atoms with Crippen molar-refractivity contribution in [2.45, 2.75) is 97.3 Å². The lowest BCUT2D eigenvalue weighted by atomic mass is 9.69. The topological polar surface area (TPSA) is 29.3 Å². The summed E-state index contributed by atoms with van der Waals surface area (Å²) in [6, 6.07) is 2.54. The van der Waals surface area contributed by atoms with Crippen LogP contribution in [0.1, 0.15) is 73.1 Å². The normalized spacial score (nSPS) is 41.7. The molecule has 112 valence electrons. The fourth-order valence-electron chi connectivity index (χ4n) is 4.40. The van der Waals surface area contributed by atoms with Crippen LogP contribution in [0.4, 0.5) is 0 Å². The highest BCUT2D eigenvalue weighted by molar-refractivity contribution is 4.98. The number of nitrogens with two attached hydrogens (primary N) is 1. The van der Waals surface area contributed by atoms with Crippen LogP contribution in [0, 0.1) is 11.3 Å². The fraction of sp³-hybridized carbons (Fsp3) is 1.00. The van der Waals surface area contributed by atoms with Gasteiger partial charge in [0.2, 0.25) is 0 Å². The second kappa shape index (κ2) is 5.73. The molecule has 0 amide bonds. The summed E-state index contributed by atoms with van der Waals surface area (Å²) in [7, 11) is 0. The first-order chi connectivity index (χ1) is 8.84. The van der Waals surface area contributed by atoms with E-state index in [2.05, 4.69) is 39.5 Å². The first-order valence-corrected chi connectivity index (χ1v) is 8.37. The van der Waals surface area contributed by atoms with Crippen LogP contribution in [-0.4, -0.2) is 29.1 Å². The minimum atomic E-state index is 0.396. The van der Waals surface area contributed by atoms with Crippen LogP contribution in [0.15, 0.2) is 0 Å². The fourth-order valence-corrected chi connectivity index (χ4v) is 4.40. The molecule has 0 spiro atoms. The Kier molecular flexibility index (Phi) is 4.62. The van der Waals surface area contributed by atoms with E-state index in [-0.39, 0.29) is 0 Å². The van der Waals surface area contributed by atoms with Gasteiger partial charge in [-0.05, 0) is 56.8 Å². The van der Waals surface area contributed by atoms with Crippen molar-refractivity contribution in [3.8, 4) is 0 Å². The van der Waals surface area contributed by atoms with E-state index in [1.54, 1.807) is 0 Å². The largest absolute Gasteiger partial charge is 0.326 e. The molecule has 2 N–H and O–H groups in total. The molecule has 5 unspecified atom stereocenters. The second-order valence-corrected chi connectivity index (χ2v) is 8.04. The second-order valence-electron chi connectivity index (χ2n) is 8.04. The summed E-state index contributed by atoms with van der Waals surface area (Å²) in [4.78, 5) is 2.79. The summed E-state index contributed by atoms with van der Waals surface area (Å²) >= 11 is 0. The molecular weight excluding hydrogens is 232 g/mol. The predicted molar refractivity (Wildman–Crippen MR) is 83.2 cm³/mol. The zero-order valence-corrected chi connectivity index (χ0v) is 13.7. The summed E-state index contributed by atoms with van der Waals surface area (Å²) in [5.74, 6) is 0.836. The van der Waals surface area contributed by atoms with E-state index in [1.807, 2.05) is 0 Å². The van der Waals surface area contributed by atoms with Gasteiger partial charge in [-0.2, -0.15) is 0 Å². The molecule has 0 aromatic rings. The Bertz CT molecular complexity index is 294. The number of likely N-dealkylation sites (tertiary alicyclic amines) is 1. The van der Waals surface area contributed by atoms with Crippen LogP contribution in [0.2, 0.25) is 0 Å². The van der Waals surface area contributed by atoms with Crippen molar-refractivity contribution in [1.82, 2.24) is 4.90 Å². The zero-order chi connectivity index (χ0) is 14.2. The number of hydrogen-bond acceptors (Lipinski definition) is 2. The highest BCUT2D eigenvalue weighted by Crippen LogP contribution is 2.41.